The van der Waals surface area contributed by atoms with Crippen LogP contribution in [0.2, 0.25) is 0 Å². The highest BCUT2D eigenvalue weighted by Gasteiger charge is 2.50. The van der Waals surface area contributed by atoms with Gasteiger partial charge in [0.2, 0.25) is 11.8 Å². The van der Waals surface area contributed by atoms with Crippen molar-refractivity contribution in [2.24, 2.45) is 0 Å². The summed E-state index contributed by atoms with van der Waals surface area (Å²) >= 11 is 0. The molecule has 0 radical (unpaired) electrons. The minimum absolute atomic E-state index is 0.00486. The summed E-state index contributed by atoms with van der Waals surface area (Å²) < 4.78 is 0. The lowest BCUT2D eigenvalue weighted by Crippen LogP contribution is -2.70. The Labute approximate surface area is 115 Å². The van der Waals surface area contributed by atoms with E-state index < -0.39 is 5.54 Å². The fourth-order valence-electron chi connectivity index (χ4n) is 3.30. The molecule has 0 bridgehead atoms. The highest BCUT2D eigenvalue weighted by Crippen LogP contribution is 2.34. The van der Waals surface area contributed by atoms with E-state index in [9.17, 15) is 9.59 Å². The van der Waals surface area contributed by atoms with E-state index in [1.165, 1.54) is 0 Å². The van der Waals surface area contributed by atoms with Gasteiger partial charge in [-0.05, 0) is 26.2 Å². The lowest BCUT2D eigenvalue weighted by atomic mass is 9.78. The molecule has 4 nitrogen and oxygen atoms in total. The predicted octanol–water partition coefficient (Wildman–Crippen LogP) is 2.00. The fraction of sp³-hybridized carbons (Fsp3) is 0.733. The lowest BCUT2D eigenvalue weighted by Gasteiger charge is -2.47. The molecule has 1 saturated heterocycles. The average Bonchev–Trinajstić information content (AvgIpc) is 2.37. The van der Waals surface area contributed by atoms with E-state index in [1.54, 1.807) is 4.90 Å². The first kappa shape index (κ1) is 14.1. The molecule has 2 fully saturated rings. The summed E-state index contributed by atoms with van der Waals surface area (Å²) in [5.74, 6) is 0.104. The molecule has 4 heteroatoms. The first-order valence-corrected chi connectivity index (χ1v) is 7.27. The van der Waals surface area contributed by atoms with Crippen LogP contribution in [0.25, 0.3) is 0 Å². The van der Waals surface area contributed by atoms with Crippen LogP contribution in [0.3, 0.4) is 0 Å². The first-order valence-electron chi connectivity index (χ1n) is 7.27. The number of amides is 2. The minimum Gasteiger partial charge on any atom is -0.340 e. The second kappa shape index (κ2) is 5.35. The summed E-state index contributed by atoms with van der Waals surface area (Å²) in [7, 11) is 0. The van der Waals surface area contributed by atoms with Crippen LogP contribution in [0.5, 0.6) is 0 Å². The van der Waals surface area contributed by atoms with E-state index >= 15 is 0 Å². The van der Waals surface area contributed by atoms with Crippen molar-refractivity contribution in [1.29, 1.82) is 0 Å². The van der Waals surface area contributed by atoms with E-state index in [2.05, 4.69) is 11.9 Å². The van der Waals surface area contributed by atoms with Gasteiger partial charge in [0, 0.05) is 6.54 Å². The molecule has 1 atom stereocenters. The van der Waals surface area contributed by atoms with Crippen molar-refractivity contribution in [2.75, 3.05) is 6.54 Å². The molecule has 0 aromatic rings. The number of nitrogens with zero attached hydrogens (tertiary/aromatic N) is 1. The standard InChI is InChI=1S/C15H24N2O2/c1-4-12-13(18)16-15(8-6-5-7-9-15)14(19)17(12)10-11(2)3/h12H,2,4-10H2,1,3H3,(H,16,18). The largest absolute Gasteiger partial charge is 0.340 e. The monoisotopic (exact) mass is 264 g/mol. The van der Waals surface area contributed by atoms with Gasteiger partial charge in [0.05, 0.1) is 0 Å². The van der Waals surface area contributed by atoms with Crippen molar-refractivity contribution >= 4 is 11.8 Å². The molecule has 2 amide bonds. The maximum Gasteiger partial charge on any atom is 0.249 e. The van der Waals surface area contributed by atoms with Crippen LogP contribution in [-0.2, 0) is 9.59 Å². The second-order valence-corrected chi connectivity index (χ2v) is 5.95. The normalized spacial score (nSPS) is 26.4. The number of carbonyl (C=O) groups is 2. The van der Waals surface area contributed by atoms with Gasteiger partial charge in [0.1, 0.15) is 11.6 Å². The topological polar surface area (TPSA) is 49.4 Å². The van der Waals surface area contributed by atoms with Gasteiger partial charge in [-0.25, -0.2) is 0 Å². The van der Waals surface area contributed by atoms with Crippen LogP contribution < -0.4 is 5.32 Å². The molecule has 106 valence electrons. The van der Waals surface area contributed by atoms with E-state index in [0.717, 1.165) is 37.7 Å². The molecule has 1 N–H and O–H groups in total. The van der Waals surface area contributed by atoms with Crippen molar-refractivity contribution < 1.29 is 9.59 Å². The van der Waals surface area contributed by atoms with Crippen LogP contribution >= 0.6 is 0 Å². The fourth-order valence-corrected chi connectivity index (χ4v) is 3.30. The molecule has 2 aliphatic rings. The molecular weight excluding hydrogens is 240 g/mol. The van der Waals surface area contributed by atoms with E-state index in [-0.39, 0.29) is 17.9 Å². The lowest BCUT2D eigenvalue weighted by molar-refractivity contribution is -0.156. The molecule has 1 saturated carbocycles. The quantitative estimate of drug-likeness (QED) is 0.793. The number of nitrogens with one attached hydrogen (secondary N) is 1. The van der Waals surface area contributed by atoms with Crippen LogP contribution in [-0.4, -0.2) is 34.8 Å². The van der Waals surface area contributed by atoms with Crippen molar-refractivity contribution in [2.45, 2.75) is 64.0 Å². The Morgan fingerprint density at radius 1 is 1.37 bits per heavy atom. The summed E-state index contributed by atoms with van der Waals surface area (Å²) in [6.45, 7) is 8.23. The molecule has 2 rings (SSSR count). The number of rotatable bonds is 3. The van der Waals surface area contributed by atoms with Gasteiger partial charge in [-0.3, -0.25) is 9.59 Å². The third-order valence-corrected chi connectivity index (χ3v) is 4.25. The summed E-state index contributed by atoms with van der Waals surface area (Å²) in [4.78, 5) is 26.9. The van der Waals surface area contributed by atoms with E-state index in [1.807, 2.05) is 13.8 Å². The number of carbonyl (C=O) groups excluding carboxylic acids is 2. The summed E-state index contributed by atoms with van der Waals surface area (Å²) in [5.41, 5.74) is 0.295. The van der Waals surface area contributed by atoms with Gasteiger partial charge in [-0.15, -0.1) is 0 Å². The third kappa shape index (κ3) is 2.53. The van der Waals surface area contributed by atoms with Gasteiger partial charge < -0.3 is 10.2 Å². The van der Waals surface area contributed by atoms with Gasteiger partial charge in [0.25, 0.3) is 0 Å². The zero-order valence-electron chi connectivity index (χ0n) is 12.0. The van der Waals surface area contributed by atoms with Gasteiger partial charge >= 0.3 is 0 Å². The first-order chi connectivity index (χ1) is 9.00. The Kier molecular flexibility index (Phi) is 3.97. The van der Waals surface area contributed by atoms with Crippen molar-refractivity contribution in [1.82, 2.24) is 10.2 Å². The van der Waals surface area contributed by atoms with E-state index in [0.29, 0.717) is 13.0 Å². The van der Waals surface area contributed by atoms with Crippen LogP contribution in [0.1, 0.15) is 52.4 Å². The highest BCUT2D eigenvalue weighted by atomic mass is 16.2. The molecule has 1 unspecified atom stereocenters. The Balaban J connectivity index is 2.28. The van der Waals surface area contributed by atoms with Crippen LogP contribution in [0.4, 0.5) is 0 Å². The Morgan fingerprint density at radius 3 is 2.53 bits per heavy atom. The third-order valence-electron chi connectivity index (χ3n) is 4.25. The van der Waals surface area contributed by atoms with Gasteiger partial charge in [-0.1, -0.05) is 38.3 Å². The molecule has 1 aliphatic carbocycles. The summed E-state index contributed by atoms with van der Waals surface area (Å²) in [6, 6.07) is -0.336. The molecule has 1 aliphatic heterocycles. The van der Waals surface area contributed by atoms with Crippen LogP contribution in [0, 0.1) is 0 Å². The van der Waals surface area contributed by atoms with Crippen molar-refractivity contribution in [3.63, 3.8) is 0 Å². The second-order valence-electron chi connectivity index (χ2n) is 5.95. The molecule has 0 aromatic heterocycles. The van der Waals surface area contributed by atoms with Gasteiger partial charge in [0.15, 0.2) is 0 Å². The Bertz CT molecular complexity index is 397. The maximum absolute atomic E-state index is 12.8. The summed E-state index contributed by atoms with van der Waals surface area (Å²) in [6.07, 6.45) is 5.40. The summed E-state index contributed by atoms with van der Waals surface area (Å²) in [5, 5.41) is 3.03. The van der Waals surface area contributed by atoms with Crippen LogP contribution in [0.15, 0.2) is 12.2 Å². The van der Waals surface area contributed by atoms with Crippen molar-refractivity contribution in [3.8, 4) is 0 Å². The number of hydrogen-bond donors (Lipinski definition) is 1. The average molecular weight is 264 g/mol. The Morgan fingerprint density at radius 2 is 2.00 bits per heavy atom. The molecular formula is C15H24N2O2. The molecule has 19 heavy (non-hydrogen) atoms. The highest BCUT2D eigenvalue weighted by molar-refractivity contribution is 6.00. The number of piperazine rings is 1. The molecule has 1 heterocycles. The smallest absolute Gasteiger partial charge is 0.249 e. The zero-order chi connectivity index (χ0) is 14.0. The molecule has 0 aromatic carbocycles. The van der Waals surface area contributed by atoms with E-state index in [4.69, 9.17) is 0 Å². The number of hydrogen-bond acceptors (Lipinski definition) is 2. The maximum atomic E-state index is 12.8. The predicted molar refractivity (Wildman–Crippen MR) is 74.6 cm³/mol. The van der Waals surface area contributed by atoms with Crippen molar-refractivity contribution in [3.05, 3.63) is 12.2 Å². The zero-order valence-corrected chi connectivity index (χ0v) is 12.0. The Hall–Kier alpha value is -1.32. The SMILES string of the molecule is C=C(C)CN1C(=O)C2(CCCCC2)NC(=O)C1CC. The molecule has 1 spiro atoms. The minimum atomic E-state index is -0.629. The van der Waals surface area contributed by atoms with Gasteiger partial charge in [-0.2, -0.15) is 0 Å².